The molecule has 0 spiro atoms. The maximum atomic E-state index is 10.8. The number of aliphatic carboxylic acids is 1. The lowest BCUT2D eigenvalue weighted by atomic mass is 10.1. The Hall–Kier alpha value is -2.75. The molecular weight excluding hydrogens is 280 g/mol. The fraction of sp³-hybridized carbons (Fsp3) is 0.167. The molecule has 0 aromatic heterocycles. The van der Waals surface area contributed by atoms with Gasteiger partial charge >= 0.3 is 5.97 Å². The predicted molar refractivity (Wildman–Crippen MR) is 85.1 cm³/mol. The lowest BCUT2D eigenvalue weighted by Crippen LogP contribution is -1.98. The van der Waals surface area contributed by atoms with Crippen LogP contribution in [-0.4, -0.2) is 18.2 Å². The number of carboxylic acid groups (broad SMARTS) is 1. The molecule has 0 bridgehead atoms. The van der Waals surface area contributed by atoms with Crippen LogP contribution in [0.25, 0.3) is 5.57 Å². The predicted octanol–water partition coefficient (Wildman–Crippen LogP) is 3.76. The van der Waals surface area contributed by atoms with Crippen molar-refractivity contribution in [1.29, 1.82) is 0 Å². The minimum atomic E-state index is -0.972. The standard InChI is InChI=1S/C18H18O4/c1-13(10-18(19)20)15-8-9-16(21-2)17(11-15)22-12-14-6-4-3-5-7-14/h3-11H,12H2,1-2H3,(H,19,20)/b13-10+. The van der Waals surface area contributed by atoms with Crippen molar-refractivity contribution in [1.82, 2.24) is 0 Å². The summed E-state index contributed by atoms with van der Waals surface area (Å²) >= 11 is 0. The van der Waals surface area contributed by atoms with Crippen LogP contribution in [-0.2, 0) is 11.4 Å². The summed E-state index contributed by atoms with van der Waals surface area (Å²) in [4.78, 5) is 10.8. The molecule has 0 unspecified atom stereocenters. The summed E-state index contributed by atoms with van der Waals surface area (Å²) in [6.45, 7) is 2.17. The molecule has 0 saturated carbocycles. The van der Waals surface area contributed by atoms with E-state index in [9.17, 15) is 4.79 Å². The molecule has 114 valence electrons. The molecule has 0 aliphatic heterocycles. The zero-order valence-corrected chi connectivity index (χ0v) is 12.6. The first-order valence-corrected chi connectivity index (χ1v) is 6.86. The lowest BCUT2D eigenvalue weighted by Gasteiger charge is -2.12. The van der Waals surface area contributed by atoms with Gasteiger partial charge in [0.05, 0.1) is 7.11 Å². The number of ether oxygens (including phenoxy) is 2. The van der Waals surface area contributed by atoms with Gasteiger partial charge in [0.25, 0.3) is 0 Å². The molecule has 0 heterocycles. The summed E-state index contributed by atoms with van der Waals surface area (Å²) in [6.07, 6.45) is 1.17. The molecule has 1 N–H and O–H groups in total. The van der Waals surface area contributed by atoms with E-state index < -0.39 is 5.97 Å². The van der Waals surface area contributed by atoms with Crippen LogP contribution in [0.1, 0.15) is 18.1 Å². The third-order valence-electron chi connectivity index (χ3n) is 3.20. The largest absolute Gasteiger partial charge is 0.493 e. The average Bonchev–Trinajstić information content (AvgIpc) is 2.53. The molecule has 0 radical (unpaired) electrons. The topological polar surface area (TPSA) is 55.8 Å². The fourth-order valence-corrected chi connectivity index (χ4v) is 2.04. The van der Waals surface area contributed by atoms with Crippen LogP contribution in [0.4, 0.5) is 0 Å². The highest BCUT2D eigenvalue weighted by Gasteiger charge is 2.08. The summed E-state index contributed by atoms with van der Waals surface area (Å²) in [6, 6.07) is 15.2. The lowest BCUT2D eigenvalue weighted by molar-refractivity contribution is -0.131. The van der Waals surface area contributed by atoms with E-state index in [0.717, 1.165) is 11.1 Å². The number of rotatable bonds is 6. The van der Waals surface area contributed by atoms with E-state index >= 15 is 0 Å². The molecule has 22 heavy (non-hydrogen) atoms. The van der Waals surface area contributed by atoms with E-state index in [1.165, 1.54) is 6.08 Å². The molecule has 0 aliphatic carbocycles. The highest BCUT2D eigenvalue weighted by atomic mass is 16.5. The third kappa shape index (κ3) is 4.12. The van der Waals surface area contributed by atoms with Gasteiger partial charge in [-0.05, 0) is 35.8 Å². The smallest absolute Gasteiger partial charge is 0.328 e. The van der Waals surface area contributed by atoms with Gasteiger partial charge in [-0.3, -0.25) is 0 Å². The van der Waals surface area contributed by atoms with E-state index in [2.05, 4.69) is 0 Å². The van der Waals surface area contributed by atoms with Crippen LogP contribution in [0.5, 0.6) is 11.5 Å². The molecule has 0 atom stereocenters. The van der Waals surface area contributed by atoms with Crippen LogP contribution < -0.4 is 9.47 Å². The van der Waals surface area contributed by atoms with Crippen molar-refractivity contribution in [3.8, 4) is 11.5 Å². The molecule has 4 heteroatoms. The number of methoxy groups -OCH3 is 1. The number of hydrogen-bond donors (Lipinski definition) is 1. The second-order valence-electron chi connectivity index (χ2n) is 4.81. The molecule has 0 fully saturated rings. The summed E-state index contributed by atoms with van der Waals surface area (Å²) < 4.78 is 11.1. The van der Waals surface area contributed by atoms with Crippen molar-refractivity contribution in [3.05, 3.63) is 65.7 Å². The fourth-order valence-electron chi connectivity index (χ4n) is 2.04. The molecule has 2 rings (SSSR count). The summed E-state index contributed by atoms with van der Waals surface area (Å²) in [5.41, 5.74) is 2.48. The van der Waals surface area contributed by atoms with Crippen molar-refractivity contribution in [2.45, 2.75) is 13.5 Å². The van der Waals surface area contributed by atoms with Gasteiger partial charge in [-0.1, -0.05) is 36.4 Å². The van der Waals surface area contributed by atoms with E-state index in [1.54, 1.807) is 26.2 Å². The van der Waals surface area contributed by atoms with Crippen molar-refractivity contribution in [2.75, 3.05) is 7.11 Å². The monoisotopic (exact) mass is 298 g/mol. The second kappa shape index (κ2) is 7.31. The number of benzene rings is 2. The maximum absolute atomic E-state index is 10.8. The maximum Gasteiger partial charge on any atom is 0.328 e. The molecular formula is C18H18O4. The van der Waals surface area contributed by atoms with E-state index in [4.69, 9.17) is 14.6 Å². The first-order chi connectivity index (χ1) is 10.6. The summed E-state index contributed by atoms with van der Waals surface area (Å²) in [5.74, 6) is 0.227. The molecule has 0 saturated heterocycles. The van der Waals surface area contributed by atoms with Crippen molar-refractivity contribution in [2.24, 2.45) is 0 Å². The molecule has 2 aromatic rings. The quantitative estimate of drug-likeness (QED) is 0.825. The van der Waals surface area contributed by atoms with E-state index in [-0.39, 0.29) is 0 Å². The molecule has 0 amide bonds. The van der Waals surface area contributed by atoms with E-state index in [1.807, 2.05) is 36.4 Å². The van der Waals surface area contributed by atoms with Crippen molar-refractivity contribution >= 4 is 11.5 Å². The summed E-state index contributed by atoms with van der Waals surface area (Å²) in [5, 5.41) is 8.83. The SMILES string of the molecule is COc1ccc(/C(C)=C/C(=O)O)cc1OCc1ccccc1. The average molecular weight is 298 g/mol. The van der Waals surface area contributed by atoms with Gasteiger partial charge in [0.15, 0.2) is 11.5 Å². The van der Waals surface area contributed by atoms with Crippen LogP contribution >= 0.6 is 0 Å². The van der Waals surface area contributed by atoms with Gasteiger partial charge in [-0.25, -0.2) is 4.79 Å². The Labute approximate surface area is 129 Å². The summed E-state index contributed by atoms with van der Waals surface area (Å²) in [7, 11) is 1.57. The molecule has 2 aromatic carbocycles. The second-order valence-corrected chi connectivity index (χ2v) is 4.81. The van der Waals surface area contributed by atoms with Crippen LogP contribution in [0.15, 0.2) is 54.6 Å². The Bertz CT molecular complexity index is 675. The van der Waals surface area contributed by atoms with Gasteiger partial charge in [0.2, 0.25) is 0 Å². The van der Waals surface area contributed by atoms with Crippen molar-refractivity contribution in [3.63, 3.8) is 0 Å². The van der Waals surface area contributed by atoms with Gasteiger partial charge < -0.3 is 14.6 Å². The first-order valence-electron chi connectivity index (χ1n) is 6.86. The van der Waals surface area contributed by atoms with Crippen LogP contribution in [0.2, 0.25) is 0 Å². The number of hydrogen-bond acceptors (Lipinski definition) is 3. The Kier molecular flexibility index (Phi) is 5.20. The Morgan fingerprint density at radius 2 is 1.86 bits per heavy atom. The molecule has 0 aliphatic rings. The van der Waals surface area contributed by atoms with Crippen LogP contribution in [0.3, 0.4) is 0 Å². The van der Waals surface area contributed by atoms with Crippen LogP contribution in [0, 0.1) is 0 Å². The Balaban J connectivity index is 2.23. The van der Waals surface area contributed by atoms with Gasteiger partial charge in [0, 0.05) is 6.08 Å². The van der Waals surface area contributed by atoms with E-state index in [0.29, 0.717) is 23.7 Å². The Morgan fingerprint density at radius 1 is 1.14 bits per heavy atom. The minimum absolute atomic E-state index is 0.419. The van der Waals surface area contributed by atoms with Gasteiger partial charge in [-0.15, -0.1) is 0 Å². The first kappa shape index (κ1) is 15.6. The number of carboxylic acids is 1. The number of allylic oxidation sites excluding steroid dienone is 1. The zero-order valence-electron chi connectivity index (χ0n) is 12.6. The highest BCUT2D eigenvalue weighted by molar-refractivity contribution is 5.89. The molecule has 4 nitrogen and oxygen atoms in total. The number of carbonyl (C=O) groups is 1. The highest BCUT2D eigenvalue weighted by Crippen LogP contribution is 2.31. The zero-order chi connectivity index (χ0) is 15.9. The van der Waals surface area contributed by atoms with Gasteiger partial charge in [0.1, 0.15) is 6.61 Å². The minimum Gasteiger partial charge on any atom is -0.493 e. The Morgan fingerprint density at radius 3 is 2.50 bits per heavy atom. The van der Waals surface area contributed by atoms with Crippen molar-refractivity contribution < 1.29 is 19.4 Å². The normalized spacial score (nSPS) is 11.1. The third-order valence-corrected chi connectivity index (χ3v) is 3.20. The van der Waals surface area contributed by atoms with Gasteiger partial charge in [-0.2, -0.15) is 0 Å².